The second kappa shape index (κ2) is 6.18. The van der Waals surface area contributed by atoms with Gasteiger partial charge in [0.25, 0.3) is 0 Å². The number of carbonyl (C=O) groups is 1. The summed E-state index contributed by atoms with van der Waals surface area (Å²) in [7, 11) is 0. The Morgan fingerprint density at radius 2 is 2.11 bits per heavy atom. The zero-order valence-corrected chi connectivity index (χ0v) is 12.8. The van der Waals surface area contributed by atoms with E-state index >= 15 is 0 Å². The average molecular weight is 315 g/mol. The Morgan fingerprint density at radius 3 is 2.61 bits per heavy atom. The molecule has 0 aliphatic heterocycles. The third kappa shape index (κ3) is 4.64. The van der Waals surface area contributed by atoms with Crippen molar-refractivity contribution in [3.8, 4) is 0 Å². The van der Waals surface area contributed by atoms with Gasteiger partial charge in [0.1, 0.15) is 5.60 Å². The maximum absolute atomic E-state index is 12.1. The van der Waals surface area contributed by atoms with Crippen LogP contribution in [0, 0.1) is 0 Å². The molecule has 1 amide bonds. The van der Waals surface area contributed by atoms with Crippen LogP contribution in [0.25, 0.3) is 0 Å². The number of anilines is 1. The lowest BCUT2D eigenvalue weighted by molar-refractivity contribution is 0.0580. The van der Waals surface area contributed by atoms with Gasteiger partial charge < -0.3 is 4.74 Å². The Hall–Kier alpha value is -1.10. The van der Waals surface area contributed by atoms with Crippen LogP contribution in [0.5, 0.6) is 0 Å². The van der Waals surface area contributed by atoms with Gasteiger partial charge in [-0.1, -0.05) is 6.92 Å². The summed E-state index contributed by atoms with van der Waals surface area (Å²) in [4.78, 5) is 17.8. The summed E-state index contributed by atoms with van der Waals surface area (Å²) in [6, 6.07) is 1.85. The monoisotopic (exact) mass is 314 g/mol. The molecule has 0 spiro atoms. The molecule has 1 heterocycles. The fraction of sp³-hybridized carbons (Fsp3) is 0.538. The van der Waals surface area contributed by atoms with Crippen molar-refractivity contribution in [3.05, 3.63) is 22.9 Å². The summed E-state index contributed by atoms with van der Waals surface area (Å²) < 4.78 is 6.23. The molecule has 4 nitrogen and oxygen atoms in total. The molecule has 0 bridgehead atoms. The first kappa shape index (κ1) is 15.0. The first-order valence-electron chi connectivity index (χ1n) is 5.94. The van der Waals surface area contributed by atoms with E-state index in [-0.39, 0.29) is 6.09 Å². The summed E-state index contributed by atoms with van der Waals surface area (Å²) in [5, 5.41) is 0. The highest BCUT2D eigenvalue weighted by molar-refractivity contribution is 9.10. The largest absolute Gasteiger partial charge is 0.443 e. The van der Waals surface area contributed by atoms with E-state index in [0.717, 1.165) is 16.6 Å². The fourth-order valence-corrected chi connectivity index (χ4v) is 1.77. The van der Waals surface area contributed by atoms with Crippen LogP contribution in [-0.4, -0.2) is 23.2 Å². The minimum Gasteiger partial charge on any atom is -0.443 e. The summed E-state index contributed by atoms with van der Waals surface area (Å²) in [5.74, 6) is 0. The number of ether oxygens (including phenoxy) is 1. The number of hydrogen-bond acceptors (Lipinski definition) is 3. The van der Waals surface area contributed by atoms with Gasteiger partial charge in [-0.15, -0.1) is 0 Å². The molecule has 18 heavy (non-hydrogen) atoms. The van der Waals surface area contributed by atoms with Crippen molar-refractivity contribution in [2.24, 2.45) is 0 Å². The SMILES string of the molecule is CCCN(C(=O)OC(C)(C)C)c1cncc(Br)c1. The van der Waals surface area contributed by atoms with Crippen LogP contribution in [0.3, 0.4) is 0 Å². The fourth-order valence-electron chi connectivity index (χ4n) is 1.41. The van der Waals surface area contributed by atoms with Gasteiger partial charge in [-0.25, -0.2) is 4.79 Å². The van der Waals surface area contributed by atoms with Crippen molar-refractivity contribution in [2.75, 3.05) is 11.4 Å². The molecular weight excluding hydrogens is 296 g/mol. The lowest BCUT2D eigenvalue weighted by Crippen LogP contribution is -2.37. The van der Waals surface area contributed by atoms with E-state index < -0.39 is 5.60 Å². The van der Waals surface area contributed by atoms with Gasteiger partial charge in [-0.3, -0.25) is 9.88 Å². The van der Waals surface area contributed by atoms with E-state index in [0.29, 0.717) is 6.54 Å². The van der Waals surface area contributed by atoms with Crippen LogP contribution in [0.2, 0.25) is 0 Å². The van der Waals surface area contributed by atoms with E-state index in [1.807, 2.05) is 33.8 Å². The molecule has 5 heteroatoms. The van der Waals surface area contributed by atoms with Crippen LogP contribution in [0.1, 0.15) is 34.1 Å². The molecule has 1 rings (SSSR count). The number of aromatic nitrogens is 1. The van der Waals surface area contributed by atoms with Gasteiger partial charge in [0.05, 0.1) is 11.9 Å². The molecule has 0 N–H and O–H groups in total. The number of hydrogen-bond donors (Lipinski definition) is 0. The van der Waals surface area contributed by atoms with Crippen molar-refractivity contribution in [3.63, 3.8) is 0 Å². The van der Waals surface area contributed by atoms with Crippen LogP contribution in [0.15, 0.2) is 22.9 Å². The average Bonchev–Trinajstić information content (AvgIpc) is 2.23. The zero-order chi connectivity index (χ0) is 13.8. The number of halogens is 1. The lowest BCUT2D eigenvalue weighted by atomic mass is 10.2. The van der Waals surface area contributed by atoms with Crippen molar-refractivity contribution in [1.29, 1.82) is 0 Å². The molecule has 1 aromatic rings. The quantitative estimate of drug-likeness (QED) is 0.847. The van der Waals surface area contributed by atoms with Gasteiger partial charge in [0.2, 0.25) is 0 Å². The Balaban J connectivity index is 2.92. The Kier molecular flexibility index (Phi) is 5.14. The standard InChI is InChI=1S/C13H19BrN2O2/c1-5-6-16(12(17)18-13(2,3)4)11-7-10(14)8-15-9-11/h7-9H,5-6H2,1-4H3. The number of carbonyl (C=O) groups excluding carboxylic acids is 1. The Labute approximate surface area is 116 Å². The summed E-state index contributed by atoms with van der Waals surface area (Å²) in [6.45, 7) is 8.19. The van der Waals surface area contributed by atoms with Crippen molar-refractivity contribution in [1.82, 2.24) is 4.98 Å². The van der Waals surface area contributed by atoms with Crippen molar-refractivity contribution in [2.45, 2.75) is 39.7 Å². The third-order valence-corrected chi connectivity index (χ3v) is 2.50. The van der Waals surface area contributed by atoms with Crippen LogP contribution < -0.4 is 4.90 Å². The smallest absolute Gasteiger partial charge is 0.414 e. The maximum atomic E-state index is 12.1. The third-order valence-electron chi connectivity index (χ3n) is 2.06. The molecule has 1 aromatic heterocycles. The molecule has 0 unspecified atom stereocenters. The molecule has 0 atom stereocenters. The first-order chi connectivity index (χ1) is 8.33. The molecule has 0 radical (unpaired) electrons. The summed E-state index contributed by atoms with van der Waals surface area (Å²) in [5.41, 5.74) is 0.239. The Bertz CT molecular complexity index is 416. The highest BCUT2D eigenvalue weighted by Crippen LogP contribution is 2.21. The lowest BCUT2D eigenvalue weighted by Gasteiger charge is -2.27. The first-order valence-corrected chi connectivity index (χ1v) is 6.74. The second-order valence-corrected chi connectivity index (χ2v) is 5.91. The van der Waals surface area contributed by atoms with E-state index in [9.17, 15) is 4.79 Å². The number of amides is 1. The topological polar surface area (TPSA) is 42.4 Å². The van der Waals surface area contributed by atoms with Crippen molar-refractivity contribution >= 4 is 27.7 Å². The minimum atomic E-state index is -0.498. The maximum Gasteiger partial charge on any atom is 0.414 e. The van der Waals surface area contributed by atoms with Gasteiger partial charge in [0.15, 0.2) is 0 Å². The van der Waals surface area contributed by atoms with E-state index in [1.54, 1.807) is 17.3 Å². The number of rotatable bonds is 3. The van der Waals surface area contributed by atoms with Crippen LogP contribution in [-0.2, 0) is 4.74 Å². The molecule has 0 fully saturated rings. The van der Waals surface area contributed by atoms with E-state index in [4.69, 9.17) is 4.74 Å². The number of nitrogens with zero attached hydrogens (tertiary/aromatic N) is 2. The minimum absolute atomic E-state index is 0.343. The second-order valence-electron chi connectivity index (χ2n) is 4.99. The van der Waals surface area contributed by atoms with Gasteiger partial charge in [0, 0.05) is 17.2 Å². The van der Waals surface area contributed by atoms with E-state index in [2.05, 4.69) is 20.9 Å². The zero-order valence-electron chi connectivity index (χ0n) is 11.2. The van der Waals surface area contributed by atoms with Crippen LogP contribution in [0.4, 0.5) is 10.5 Å². The highest BCUT2D eigenvalue weighted by Gasteiger charge is 2.23. The summed E-state index contributed by atoms with van der Waals surface area (Å²) in [6.07, 6.45) is 3.85. The predicted octanol–water partition coefficient (Wildman–Crippen LogP) is 4.00. The molecule has 0 aromatic carbocycles. The predicted molar refractivity (Wildman–Crippen MR) is 75.8 cm³/mol. The molecule has 0 saturated heterocycles. The van der Waals surface area contributed by atoms with E-state index in [1.165, 1.54) is 0 Å². The van der Waals surface area contributed by atoms with Gasteiger partial charge in [-0.05, 0) is 49.2 Å². The molecule has 0 saturated carbocycles. The van der Waals surface area contributed by atoms with Crippen LogP contribution >= 0.6 is 15.9 Å². The molecule has 0 aliphatic rings. The molecule has 0 aliphatic carbocycles. The molecular formula is C13H19BrN2O2. The summed E-state index contributed by atoms with van der Waals surface area (Å²) >= 11 is 3.35. The highest BCUT2D eigenvalue weighted by atomic mass is 79.9. The van der Waals surface area contributed by atoms with Gasteiger partial charge in [-0.2, -0.15) is 0 Å². The van der Waals surface area contributed by atoms with Gasteiger partial charge >= 0.3 is 6.09 Å². The number of pyridine rings is 1. The van der Waals surface area contributed by atoms with Crippen molar-refractivity contribution < 1.29 is 9.53 Å². The normalized spacial score (nSPS) is 11.2. The molecule has 100 valence electrons. The Morgan fingerprint density at radius 1 is 1.44 bits per heavy atom.